The maximum atomic E-state index is 12.4. The Morgan fingerprint density at radius 2 is 2.19 bits per heavy atom. The molecule has 1 saturated carbocycles. The molecule has 6 nitrogen and oxygen atoms in total. The number of rotatable bonds is 7. The summed E-state index contributed by atoms with van der Waals surface area (Å²) in [6, 6.07) is 4.19. The third-order valence-corrected chi connectivity index (χ3v) is 5.84. The number of nitrogens with one attached hydrogen (secondary N) is 1. The number of pyridine rings is 1. The van der Waals surface area contributed by atoms with E-state index in [2.05, 4.69) is 38.9 Å². The van der Waals surface area contributed by atoms with Crippen LogP contribution >= 0.6 is 11.8 Å². The minimum atomic E-state index is 0.0859. The Balaban J connectivity index is 1.64. The molecule has 2 heterocycles. The van der Waals surface area contributed by atoms with E-state index in [0.29, 0.717) is 17.7 Å². The Morgan fingerprint density at radius 1 is 1.35 bits per heavy atom. The minimum absolute atomic E-state index is 0.0859. The first kappa shape index (κ1) is 18.9. The molecule has 3 rings (SSSR count). The summed E-state index contributed by atoms with van der Waals surface area (Å²) in [6.07, 6.45) is 9.30. The van der Waals surface area contributed by atoms with Crippen LogP contribution in [0.15, 0.2) is 29.7 Å². The van der Waals surface area contributed by atoms with Crippen molar-refractivity contribution in [1.29, 1.82) is 0 Å². The lowest BCUT2D eigenvalue weighted by Crippen LogP contribution is -2.41. The van der Waals surface area contributed by atoms with Gasteiger partial charge in [0.25, 0.3) is 0 Å². The standard InChI is InChI=1S/C19H27N5OS/c1-3-11-24-18(15-8-6-10-20-12-15)22-23-19(24)26-13-17(25)21-16-9-5-4-7-14(16)2/h6,8,10,12,14,16H,3-5,7,9,11,13H2,1-2H3,(H,21,25). The van der Waals surface area contributed by atoms with Crippen LogP contribution in [0.25, 0.3) is 11.4 Å². The summed E-state index contributed by atoms with van der Waals surface area (Å²) in [5.74, 6) is 1.84. The smallest absolute Gasteiger partial charge is 0.230 e. The van der Waals surface area contributed by atoms with Gasteiger partial charge in [-0.05, 0) is 37.3 Å². The topological polar surface area (TPSA) is 72.7 Å². The Labute approximate surface area is 159 Å². The number of amides is 1. The zero-order chi connectivity index (χ0) is 18.4. The lowest BCUT2D eigenvalue weighted by atomic mass is 9.86. The summed E-state index contributed by atoms with van der Waals surface area (Å²) in [5, 5.41) is 12.6. The molecule has 0 aliphatic heterocycles. The van der Waals surface area contributed by atoms with Crippen LogP contribution in [0.2, 0.25) is 0 Å². The quantitative estimate of drug-likeness (QED) is 0.752. The van der Waals surface area contributed by atoms with Gasteiger partial charge in [-0.15, -0.1) is 10.2 Å². The van der Waals surface area contributed by atoms with E-state index >= 15 is 0 Å². The van der Waals surface area contributed by atoms with Gasteiger partial charge in [0.1, 0.15) is 0 Å². The van der Waals surface area contributed by atoms with Crippen molar-refractivity contribution in [2.24, 2.45) is 5.92 Å². The summed E-state index contributed by atoms with van der Waals surface area (Å²) in [5.41, 5.74) is 0.945. The summed E-state index contributed by atoms with van der Waals surface area (Å²) in [7, 11) is 0. The van der Waals surface area contributed by atoms with Crippen LogP contribution in [0.1, 0.15) is 46.0 Å². The average Bonchev–Trinajstić information content (AvgIpc) is 3.06. The van der Waals surface area contributed by atoms with Crippen LogP contribution in [0.4, 0.5) is 0 Å². The maximum Gasteiger partial charge on any atom is 0.230 e. The molecule has 1 aliphatic rings. The Bertz CT molecular complexity index is 718. The SMILES string of the molecule is CCCn1c(SCC(=O)NC2CCCCC2C)nnc1-c1cccnc1. The number of carbonyl (C=O) groups is 1. The first-order chi connectivity index (χ1) is 12.7. The molecule has 2 aromatic heterocycles. The monoisotopic (exact) mass is 373 g/mol. The Kier molecular flexibility index (Phi) is 6.66. The molecule has 26 heavy (non-hydrogen) atoms. The summed E-state index contributed by atoms with van der Waals surface area (Å²) in [6.45, 7) is 5.18. The van der Waals surface area contributed by atoms with Crippen molar-refractivity contribution in [2.45, 2.75) is 63.7 Å². The molecule has 0 bridgehead atoms. The van der Waals surface area contributed by atoms with Gasteiger partial charge in [-0.1, -0.05) is 38.5 Å². The predicted molar refractivity (Wildman–Crippen MR) is 104 cm³/mol. The third kappa shape index (κ3) is 4.63. The van der Waals surface area contributed by atoms with E-state index < -0.39 is 0 Å². The molecule has 140 valence electrons. The van der Waals surface area contributed by atoms with Gasteiger partial charge in [0.15, 0.2) is 11.0 Å². The highest BCUT2D eigenvalue weighted by Crippen LogP contribution is 2.25. The van der Waals surface area contributed by atoms with E-state index in [1.54, 1.807) is 12.4 Å². The first-order valence-electron chi connectivity index (χ1n) is 9.44. The molecule has 0 aromatic carbocycles. The van der Waals surface area contributed by atoms with Gasteiger partial charge in [-0.3, -0.25) is 9.78 Å². The molecule has 0 spiro atoms. The van der Waals surface area contributed by atoms with Crippen LogP contribution in [0.5, 0.6) is 0 Å². The first-order valence-corrected chi connectivity index (χ1v) is 10.4. The van der Waals surface area contributed by atoms with Gasteiger partial charge >= 0.3 is 0 Å². The Hall–Kier alpha value is -1.89. The van der Waals surface area contributed by atoms with E-state index in [1.807, 2.05) is 12.1 Å². The van der Waals surface area contributed by atoms with Crippen molar-refractivity contribution in [1.82, 2.24) is 25.1 Å². The molecular weight excluding hydrogens is 346 g/mol. The molecule has 1 N–H and O–H groups in total. The highest BCUT2D eigenvalue weighted by atomic mass is 32.2. The van der Waals surface area contributed by atoms with Gasteiger partial charge in [0, 0.05) is 30.5 Å². The number of nitrogens with zero attached hydrogens (tertiary/aromatic N) is 4. The van der Waals surface area contributed by atoms with Crippen molar-refractivity contribution in [2.75, 3.05) is 5.75 Å². The van der Waals surface area contributed by atoms with Crippen molar-refractivity contribution in [3.8, 4) is 11.4 Å². The van der Waals surface area contributed by atoms with E-state index in [0.717, 1.165) is 35.9 Å². The number of thioether (sulfide) groups is 1. The highest BCUT2D eigenvalue weighted by Gasteiger charge is 2.23. The second kappa shape index (κ2) is 9.16. The summed E-state index contributed by atoms with van der Waals surface area (Å²) >= 11 is 1.46. The molecule has 1 aliphatic carbocycles. The lowest BCUT2D eigenvalue weighted by Gasteiger charge is -2.29. The molecule has 7 heteroatoms. The zero-order valence-corrected chi connectivity index (χ0v) is 16.3. The molecule has 0 saturated heterocycles. The predicted octanol–water partition coefficient (Wildman–Crippen LogP) is 3.54. The molecule has 2 unspecified atom stereocenters. The number of hydrogen-bond acceptors (Lipinski definition) is 5. The van der Waals surface area contributed by atoms with E-state index in [9.17, 15) is 4.79 Å². The largest absolute Gasteiger partial charge is 0.352 e. The fourth-order valence-corrected chi connectivity index (χ4v) is 4.21. The van der Waals surface area contributed by atoms with Crippen LogP contribution in [0.3, 0.4) is 0 Å². The van der Waals surface area contributed by atoms with Gasteiger partial charge in [-0.25, -0.2) is 0 Å². The van der Waals surface area contributed by atoms with Gasteiger partial charge in [-0.2, -0.15) is 0 Å². The Morgan fingerprint density at radius 3 is 2.92 bits per heavy atom. The molecule has 2 aromatic rings. The van der Waals surface area contributed by atoms with Crippen LogP contribution < -0.4 is 5.32 Å². The van der Waals surface area contributed by atoms with Crippen molar-refractivity contribution in [3.63, 3.8) is 0 Å². The minimum Gasteiger partial charge on any atom is -0.352 e. The van der Waals surface area contributed by atoms with Crippen LogP contribution in [-0.2, 0) is 11.3 Å². The van der Waals surface area contributed by atoms with Crippen molar-refractivity contribution < 1.29 is 4.79 Å². The van der Waals surface area contributed by atoms with Crippen molar-refractivity contribution in [3.05, 3.63) is 24.5 Å². The summed E-state index contributed by atoms with van der Waals surface area (Å²) < 4.78 is 2.08. The van der Waals surface area contributed by atoms with Gasteiger partial charge in [0.05, 0.1) is 5.75 Å². The van der Waals surface area contributed by atoms with E-state index in [1.165, 1.54) is 31.0 Å². The van der Waals surface area contributed by atoms with Crippen LogP contribution in [0, 0.1) is 5.92 Å². The molecule has 2 atom stereocenters. The second-order valence-corrected chi connectivity index (χ2v) is 7.87. The maximum absolute atomic E-state index is 12.4. The van der Waals surface area contributed by atoms with Crippen molar-refractivity contribution >= 4 is 17.7 Å². The normalized spacial score (nSPS) is 20.1. The summed E-state index contributed by atoms with van der Waals surface area (Å²) in [4.78, 5) is 16.5. The molecule has 1 fully saturated rings. The number of aromatic nitrogens is 4. The average molecular weight is 374 g/mol. The fraction of sp³-hybridized carbons (Fsp3) is 0.579. The molecule has 0 radical (unpaired) electrons. The van der Waals surface area contributed by atoms with Crippen LogP contribution in [-0.4, -0.2) is 37.5 Å². The second-order valence-electron chi connectivity index (χ2n) is 6.92. The molecule has 1 amide bonds. The number of hydrogen-bond donors (Lipinski definition) is 1. The fourth-order valence-electron chi connectivity index (χ4n) is 3.44. The van der Waals surface area contributed by atoms with E-state index in [-0.39, 0.29) is 5.91 Å². The number of carbonyl (C=O) groups excluding carboxylic acids is 1. The van der Waals surface area contributed by atoms with E-state index in [4.69, 9.17) is 0 Å². The third-order valence-electron chi connectivity index (χ3n) is 4.87. The zero-order valence-electron chi connectivity index (χ0n) is 15.5. The highest BCUT2D eigenvalue weighted by molar-refractivity contribution is 7.99. The van der Waals surface area contributed by atoms with Gasteiger partial charge in [0.2, 0.25) is 5.91 Å². The molecular formula is C19H27N5OS. The lowest BCUT2D eigenvalue weighted by molar-refractivity contribution is -0.119. The van der Waals surface area contributed by atoms with Gasteiger partial charge < -0.3 is 9.88 Å².